The lowest BCUT2D eigenvalue weighted by Gasteiger charge is -2.07. The first-order chi connectivity index (χ1) is 12.9. The molecule has 0 amide bonds. The fourth-order valence-electron chi connectivity index (χ4n) is 1.97. The number of benzene rings is 2. The van der Waals surface area contributed by atoms with E-state index in [4.69, 9.17) is 9.47 Å². The summed E-state index contributed by atoms with van der Waals surface area (Å²) in [6, 6.07) is 13.8. The zero-order valence-electron chi connectivity index (χ0n) is 15.0. The quantitative estimate of drug-likeness (QED) is 0.315. The lowest BCUT2D eigenvalue weighted by molar-refractivity contribution is 0.0479. The Morgan fingerprint density at radius 2 is 1.26 bits per heavy atom. The van der Waals surface area contributed by atoms with Crippen LogP contribution in [0.25, 0.3) is 0 Å². The van der Waals surface area contributed by atoms with Crippen molar-refractivity contribution >= 4 is 49.6 Å². The van der Waals surface area contributed by atoms with Crippen LogP contribution in [0.1, 0.15) is 44.9 Å². The van der Waals surface area contributed by atoms with E-state index in [9.17, 15) is 14.4 Å². The Morgan fingerprint density at radius 1 is 0.815 bits per heavy atom. The van der Waals surface area contributed by atoms with E-state index in [1.807, 2.05) is 12.1 Å². The molecule has 0 bridgehead atoms. The minimum Gasteiger partial charge on any atom is -0.462 e. The van der Waals surface area contributed by atoms with Crippen LogP contribution in [0.15, 0.2) is 53.0 Å². The van der Waals surface area contributed by atoms with Gasteiger partial charge in [0.25, 0.3) is 0 Å². The molecule has 0 radical (unpaired) electrons. The molecular formula is C20H20Br2O5. The molecule has 0 atom stereocenters. The first kappa shape index (κ1) is 23.0. The van der Waals surface area contributed by atoms with Crippen LogP contribution < -0.4 is 0 Å². The van der Waals surface area contributed by atoms with Crippen LogP contribution in [-0.2, 0) is 9.47 Å². The maximum Gasteiger partial charge on any atom is 0.338 e. The SMILES string of the molecule is CCOC(=O)c1ccccc1C(=O)OCC.O=C(CBr)c1ccc(Br)cc1. The summed E-state index contributed by atoms with van der Waals surface area (Å²) >= 11 is 6.40. The maximum atomic E-state index is 11.5. The normalized spacial score (nSPS) is 9.63. The third-order valence-corrected chi connectivity index (χ3v) is 4.24. The molecule has 7 heteroatoms. The van der Waals surface area contributed by atoms with Crippen molar-refractivity contribution in [2.75, 3.05) is 18.5 Å². The van der Waals surface area contributed by atoms with Crippen molar-refractivity contribution in [3.05, 3.63) is 69.7 Å². The molecule has 0 aliphatic rings. The number of carbonyl (C=O) groups is 3. The van der Waals surface area contributed by atoms with E-state index in [0.29, 0.717) is 5.33 Å². The number of esters is 2. The van der Waals surface area contributed by atoms with Crippen molar-refractivity contribution in [2.24, 2.45) is 0 Å². The van der Waals surface area contributed by atoms with Crippen LogP contribution >= 0.6 is 31.9 Å². The topological polar surface area (TPSA) is 69.7 Å². The first-order valence-corrected chi connectivity index (χ1v) is 10.1. The van der Waals surface area contributed by atoms with E-state index < -0.39 is 11.9 Å². The van der Waals surface area contributed by atoms with Gasteiger partial charge in [0, 0.05) is 10.0 Å². The number of Topliss-reactive ketones (excluding diaryl/α,β-unsaturated/α-hetero) is 1. The Bertz CT molecular complexity index is 735. The molecule has 2 aromatic carbocycles. The molecule has 0 saturated heterocycles. The highest BCUT2D eigenvalue weighted by molar-refractivity contribution is 9.10. The number of carbonyl (C=O) groups excluding carboxylic acids is 3. The Morgan fingerprint density at radius 3 is 1.63 bits per heavy atom. The molecule has 0 saturated carbocycles. The molecule has 0 spiro atoms. The number of hydrogen-bond donors (Lipinski definition) is 0. The summed E-state index contributed by atoms with van der Waals surface area (Å²) in [7, 11) is 0. The number of halogens is 2. The van der Waals surface area contributed by atoms with Gasteiger partial charge in [-0.15, -0.1) is 0 Å². The maximum absolute atomic E-state index is 11.5. The molecule has 0 N–H and O–H groups in total. The van der Waals surface area contributed by atoms with Gasteiger partial charge in [0.2, 0.25) is 0 Å². The smallest absolute Gasteiger partial charge is 0.338 e. The molecular weight excluding hydrogens is 480 g/mol. The highest BCUT2D eigenvalue weighted by Gasteiger charge is 2.17. The van der Waals surface area contributed by atoms with Crippen LogP contribution in [0.3, 0.4) is 0 Å². The lowest BCUT2D eigenvalue weighted by Crippen LogP contribution is -2.13. The highest BCUT2D eigenvalue weighted by atomic mass is 79.9. The van der Waals surface area contributed by atoms with Crippen molar-refractivity contribution in [3.63, 3.8) is 0 Å². The van der Waals surface area contributed by atoms with Gasteiger partial charge >= 0.3 is 11.9 Å². The van der Waals surface area contributed by atoms with Crippen LogP contribution in [-0.4, -0.2) is 36.3 Å². The summed E-state index contributed by atoms with van der Waals surface area (Å²) < 4.78 is 10.7. The zero-order valence-corrected chi connectivity index (χ0v) is 18.2. The molecule has 0 aliphatic carbocycles. The zero-order chi connectivity index (χ0) is 20.2. The van der Waals surface area contributed by atoms with Gasteiger partial charge in [-0.25, -0.2) is 9.59 Å². The van der Waals surface area contributed by atoms with Crippen molar-refractivity contribution in [3.8, 4) is 0 Å². The van der Waals surface area contributed by atoms with Crippen LogP contribution in [0, 0.1) is 0 Å². The average molecular weight is 500 g/mol. The second-order valence-electron chi connectivity index (χ2n) is 5.05. The van der Waals surface area contributed by atoms with Crippen molar-refractivity contribution < 1.29 is 23.9 Å². The fourth-order valence-corrected chi connectivity index (χ4v) is 2.56. The standard InChI is InChI=1S/C12H14O4.C8H6Br2O/c1-3-15-11(13)9-7-5-6-8-10(9)12(14)16-4-2;9-5-8(11)6-1-3-7(10)4-2-6/h5-8H,3-4H2,1-2H3;1-4H,5H2. The van der Waals surface area contributed by atoms with Crippen LogP contribution in [0.5, 0.6) is 0 Å². The minimum atomic E-state index is -0.508. The number of ketones is 1. The van der Waals surface area contributed by atoms with Crippen molar-refractivity contribution in [1.29, 1.82) is 0 Å². The molecule has 2 aromatic rings. The lowest BCUT2D eigenvalue weighted by atomic mass is 10.1. The Kier molecular flexibility index (Phi) is 10.6. The van der Waals surface area contributed by atoms with E-state index in [1.54, 1.807) is 50.2 Å². The van der Waals surface area contributed by atoms with Gasteiger partial charge in [-0.05, 0) is 38.1 Å². The van der Waals surface area contributed by atoms with Gasteiger partial charge in [0.05, 0.1) is 29.7 Å². The number of hydrogen-bond acceptors (Lipinski definition) is 5. The molecule has 0 unspecified atom stereocenters. The van der Waals surface area contributed by atoms with E-state index in [2.05, 4.69) is 31.9 Å². The Labute approximate surface area is 175 Å². The first-order valence-electron chi connectivity index (χ1n) is 8.22. The highest BCUT2D eigenvalue weighted by Crippen LogP contribution is 2.12. The van der Waals surface area contributed by atoms with E-state index >= 15 is 0 Å². The fraction of sp³-hybridized carbons (Fsp3) is 0.250. The summed E-state index contributed by atoms with van der Waals surface area (Å²) in [5, 5.41) is 0.384. The Balaban J connectivity index is 0.000000289. The second kappa shape index (κ2) is 12.4. The Hall–Kier alpha value is -1.99. The summed E-state index contributed by atoms with van der Waals surface area (Å²) in [6.45, 7) is 3.97. The monoisotopic (exact) mass is 498 g/mol. The number of alkyl halides is 1. The third-order valence-electron chi connectivity index (χ3n) is 3.21. The summed E-state index contributed by atoms with van der Waals surface area (Å²) in [4.78, 5) is 34.2. The summed E-state index contributed by atoms with van der Waals surface area (Å²) in [5.74, 6) is -0.908. The number of ether oxygens (including phenoxy) is 2. The summed E-state index contributed by atoms with van der Waals surface area (Å²) in [5.41, 5.74) is 1.22. The predicted octanol–water partition coefficient (Wildman–Crippen LogP) is 5.07. The van der Waals surface area contributed by atoms with Gasteiger partial charge in [-0.3, -0.25) is 4.79 Å². The van der Waals surface area contributed by atoms with Gasteiger partial charge in [-0.1, -0.05) is 56.1 Å². The molecule has 0 aliphatic heterocycles. The van der Waals surface area contributed by atoms with Gasteiger partial charge in [0.15, 0.2) is 5.78 Å². The second-order valence-corrected chi connectivity index (χ2v) is 6.53. The largest absolute Gasteiger partial charge is 0.462 e. The van der Waals surface area contributed by atoms with E-state index in [-0.39, 0.29) is 30.1 Å². The van der Waals surface area contributed by atoms with Crippen LogP contribution in [0.4, 0.5) is 0 Å². The number of rotatable bonds is 6. The minimum absolute atomic E-state index is 0.109. The predicted molar refractivity (Wildman–Crippen MR) is 111 cm³/mol. The van der Waals surface area contributed by atoms with Gasteiger partial charge in [-0.2, -0.15) is 0 Å². The summed E-state index contributed by atoms with van der Waals surface area (Å²) in [6.07, 6.45) is 0. The average Bonchev–Trinajstić information content (AvgIpc) is 2.69. The molecule has 0 fully saturated rings. The van der Waals surface area contributed by atoms with Gasteiger partial charge in [0.1, 0.15) is 0 Å². The van der Waals surface area contributed by atoms with E-state index in [0.717, 1.165) is 10.0 Å². The molecule has 2 rings (SSSR count). The van der Waals surface area contributed by atoms with E-state index in [1.165, 1.54) is 0 Å². The van der Waals surface area contributed by atoms with Crippen molar-refractivity contribution in [2.45, 2.75) is 13.8 Å². The molecule has 5 nitrogen and oxygen atoms in total. The molecule has 144 valence electrons. The molecule has 0 aromatic heterocycles. The van der Waals surface area contributed by atoms with Crippen LogP contribution in [0.2, 0.25) is 0 Å². The van der Waals surface area contributed by atoms with Crippen molar-refractivity contribution in [1.82, 2.24) is 0 Å². The molecule has 27 heavy (non-hydrogen) atoms. The van der Waals surface area contributed by atoms with Gasteiger partial charge < -0.3 is 9.47 Å². The third kappa shape index (κ3) is 7.64. The molecule has 0 heterocycles.